The largest absolute Gasteiger partial charge is 0.265 e. The Labute approximate surface area is 323 Å². The Morgan fingerprint density at radius 3 is 1.55 bits per heavy atom. The molecule has 0 atom stereocenters. The first kappa shape index (κ1) is 32.6. The molecule has 0 saturated heterocycles. The van der Waals surface area contributed by atoms with E-state index >= 15 is 0 Å². The van der Waals surface area contributed by atoms with Crippen LogP contribution in [0, 0.1) is 0 Å². The van der Waals surface area contributed by atoms with Crippen molar-refractivity contribution in [3.63, 3.8) is 0 Å². The van der Waals surface area contributed by atoms with Gasteiger partial charge in [-0.05, 0) is 105 Å². The predicted octanol–water partition coefficient (Wildman–Crippen LogP) is 13.9. The highest BCUT2D eigenvalue weighted by molar-refractivity contribution is 7.25. The summed E-state index contributed by atoms with van der Waals surface area (Å²) in [7, 11) is 0. The Morgan fingerprint density at radius 1 is 0.291 bits per heavy atom. The van der Waals surface area contributed by atoms with E-state index in [1.807, 2.05) is 54.1 Å². The second-order valence-corrected chi connectivity index (χ2v) is 14.8. The van der Waals surface area contributed by atoms with Crippen molar-refractivity contribution < 1.29 is 0 Å². The van der Waals surface area contributed by atoms with Gasteiger partial charge in [-0.2, -0.15) is 0 Å². The molecule has 0 spiro atoms. The zero-order chi connectivity index (χ0) is 36.6. The molecule has 0 radical (unpaired) electrons. The summed E-state index contributed by atoms with van der Waals surface area (Å²) in [5.74, 6) is 0.688. The van der Waals surface area contributed by atoms with Crippen molar-refractivity contribution in [2.45, 2.75) is 0 Å². The predicted molar refractivity (Wildman–Crippen MR) is 231 cm³/mol. The number of rotatable bonds is 7. The number of hydrogen-bond acceptors (Lipinski definition) is 4. The molecule has 0 aliphatic heterocycles. The zero-order valence-electron chi connectivity index (χ0n) is 29.8. The fourth-order valence-corrected chi connectivity index (χ4v) is 8.45. The maximum atomic E-state index is 5.27. The summed E-state index contributed by atoms with van der Waals surface area (Å²) in [5.41, 5.74) is 14.0. The second kappa shape index (κ2) is 14.1. The molecule has 0 aliphatic carbocycles. The number of thiophene rings is 1. The monoisotopic (exact) mass is 719 g/mol. The van der Waals surface area contributed by atoms with Gasteiger partial charge in [0.1, 0.15) is 0 Å². The molecule has 0 aliphatic rings. The van der Waals surface area contributed by atoms with E-state index in [-0.39, 0.29) is 0 Å². The van der Waals surface area contributed by atoms with Crippen molar-refractivity contribution >= 4 is 31.5 Å². The average molecular weight is 720 g/mol. The fraction of sp³-hybridized carbons (Fsp3) is 0. The number of hydrogen-bond donors (Lipinski definition) is 0. The van der Waals surface area contributed by atoms with Gasteiger partial charge in [0.25, 0.3) is 0 Å². The first-order valence-electron chi connectivity index (χ1n) is 18.4. The van der Waals surface area contributed by atoms with Crippen molar-refractivity contribution in [1.82, 2.24) is 15.0 Å². The third-order valence-electron chi connectivity index (χ3n) is 10.2. The molecule has 258 valence electrons. The van der Waals surface area contributed by atoms with Crippen molar-refractivity contribution in [2.24, 2.45) is 0 Å². The lowest BCUT2D eigenvalue weighted by Gasteiger charge is -2.14. The van der Waals surface area contributed by atoms with Crippen molar-refractivity contribution in [2.75, 3.05) is 0 Å². The molecule has 0 N–H and O–H groups in total. The minimum absolute atomic E-state index is 0.688. The summed E-state index contributed by atoms with van der Waals surface area (Å²) < 4.78 is 2.59. The molecule has 3 aromatic heterocycles. The standard InChI is InChI=1S/C51H33N3S/c1-3-10-34(11-4-1)35-18-20-36(21-19-35)42-29-43(40-22-23-50-46(32-40)45-16-7-8-17-49(45)55-50)31-44(30-42)48-33-47(53-51(54-48)38-12-5-2-6-13-38)41-15-9-14-39(28-41)37-24-26-52-27-25-37/h1-33H. The summed E-state index contributed by atoms with van der Waals surface area (Å²) in [6, 6.07) is 66.9. The minimum Gasteiger partial charge on any atom is -0.265 e. The topological polar surface area (TPSA) is 38.7 Å². The lowest BCUT2D eigenvalue weighted by atomic mass is 9.93. The first-order chi connectivity index (χ1) is 27.2. The van der Waals surface area contributed by atoms with E-state index < -0.39 is 0 Å². The molecule has 55 heavy (non-hydrogen) atoms. The van der Waals surface area contributed by atoms with Crippen molar-refractivity contribution in [3.05, 3.63) is 200 Å². The third kappa shape index (κ3) is 6.50. The maximum Gasteiger partial charge on any atom is 0.160 e. The van der Waals surface area contributed by atoms with E-state index in [1.165, 1.54) is 36.9 Å². The number of nitrogens with zero attached hydrogens (tertiary/aromatic N) is 3. The highest BCUT2D eigenvalue weighted by atomic mass is 32.1. The molecule has 0 unspecified atom stereocenters. The van der Waals surface area contributed by atoms with Crippen LogP contribution < -0.4 is 0 Å². The lowest BCUT2D eigenvalue weighted by molar-refractivity contribution is 1.18. The van der Waals surface area contributed by atoms with Gasteiger partial charge >= 0.3 is 0 Å². The summed E-state index contributed by atoms with van der Waals surface area (Å²) in [6.45, 7) is 0. The summed E-state index contributed by atoms with van der Waals surface area (Å²) in [5, 5.41) is 2.57. The quantitative estimate of drug-likeness (QED) is 0.165. The Hall–Kier alpha value is -7.01. The molecule has 0 saturated carbocycles. The van der Waals surface area contributed by atoms with Crippen LogP contribution in [0.2, 0.25) is 0 Å². The van der Waals surface area contributed by atoms with E-state index in [2.05, 4.69) is 163 Å². The second-order valence-electron chi connectivity index (χ2n) is 13.7. The molecule has 0 bridgehead atoms. The van der Waals surface area contributed by atoms with Gasteiger partial charge in [-0.15, -0.1) is 11.3 Å². The van der Waals surface area contributed by atoms with Gasteiger partial charge in [-0.25, -0.2) is 9.97 Å². The molecule has 10 rings (SSSR count). The summed E-state index contributed by atoms with van der Waals surface area (Å²) in [6.07, 6.45) is 3.66. The minimum atomic E-state index is 0.688. The molecule has 0 fully saturated rings. The van der Waals surface area contributed by atoms with Crippen LogP contribution in [0.15, 0.2) is 200 Å². The lowest BCUT2D eigenvalue weighted by Crippen LogP contribution is -1.97. The van der Waals surface area contributed by atoms with Crippen molar-refractivity contribution in [3.8, 4) is 78.4 Å². The van der Waals surface area contributed by atoms with Crippen LogP contribution in [-0.2, 0) is 0 Å². The Morgan fingerprint density at radius 2 is 0.782 bits per heavy atom. The van der Waals surface area contributed by atoms with Crippen LogP contribution in [-0.4, -0.2) is 15.0 Å². The van der Waals surface area contributed by atoms with Crippen LogP contribution in [0.5, 0.6) is 0 Å². The summed E-state index contributed by atoms with van der Waals surface area (Å²) in [4.78, 5) is 14.7. The molecule has 4 heteroatoms. The molecule has 10 aromatic rings. The molecule has 3 nitrogen and oxygen atoms in total. The number of pyridine rings is 1. The van der Waals surface area contributed by atoms with Gasteiger partial charge < -0.3 is 0 Å². The van der Waals surface area contributed by atoms with Crippen LogP contribution in [0.1, 0.15) is 0 Å². The van der Waals surface area contributed by atoms with E-state index in [4.69, 9.17) is 9.97 Å². The molecular formula is C51H33N3S. The maximum absolute atomic E-state index is 5.27. The zero-order valence-corrected chi connectivity index (χ0v) is 30.6. The molecule has 3 heterocycles. The molecule has 7 aromatic carbocycles. The molecular weight excluding hydrogens is 687 g/mol. The Bertz CT molecular complexity index is 2950. The fourth-order valence-electron chi connectivity index (χ4n) is 7.36. The van der Waals surface area contributed by atoms with Gasteiger partial charge in [0, 0.05) is 49.3 Å². The first-order valence-corrected chi connectivity index (χ1v) is 19.2. The van der Waals surface area contributed by atoms with Crippen LogP contribution in [0.3, 0.4) is 0 Å². The van der Waals surface area contributed by atoms with E-state index in [1.54, 1.807) is 0 Å². The molecule has 0 amide bonds. The third-order valence-corrected chi connectivity index (χ3v) is 11.3. The van der Waals surface area contributed by atoms with Gasteiger partial charge in [0.05, 0.1) is 11.4 Å². The van der Waals surface area contributed by atoms with Crippen LogP contribution >= 0.6 is 11.3 Å². The number of fused-ring (bicyclic) bond motifs is 3. The number of benzene rings is 7. The van der Waals surface area contributed by atoms with Gasteiger partial charge in [0.15, 0.2) is 5.82 Å². The Balaban J connectivity index is 1.16. The van der Waals surface area contributed by atoms with E-state index in [0.29, 0.717) is 5.82 Å². The van der Waals surface area contributed by atoms with E-state index in [0.717, 1.165) is 55.9 Å². The van der Waals surface area contributed by atoms with Crippen molar-refractivity contribution in [1.29, 1.82) is 0 Å². The highest BCUT2D eigenvalue weighted by Gasteiger charge is 2.15. The van der Waals surface area contributed by atoms with Crippen LogP contribution in [0.25, 0.3) is 98.6 Å². The smallest absolute Gasteiger partial charge is 0.160 e. The highest BCUT2D eigenvalue weighted by Crippen LogP contribution is 2.39. The normalized spacial score (nSPS) is 11.3. The van der Waals surface area contributed by atoms with E-state index in [9.17, 15) is 0 Å². The SMILES string of the molecule is c1ccc(-c2ccc(-c3cc(-c4ccc5sc6ccccc6c5c4)cc(-c4cc(-c5cccc(-c6ccncc6)c5)nc(-c5ccccc5)n4)c3)cc2)cc1. The van der Waals surface area contributed by atoms with Gasteiger partial charge in [-0.3, -0.25) is 4.98 Å². The summed E-state index contributed by atoms with van der Waals surface area (Å²) >= 11 is 1.84. The van der Waals surface area contributed by atoms with Crippen LogP contribution in [0.4, 0.5) is 0 Å². The average Bonchev–Trinajstić information content (AvgIpc) is 3.65. The number of aromatic nitrogens is 3. The van der Waals surface area contributed by atoms with Gasteiger partial charge in [0.2, 0.25) is 0 Å². The van der Waals surface area contributed by atoms with Gasteiger partial charge in [-0.1, -0.05) is 127 Å². The Kier molecular flexibility index (Phi) is 8.36.